The zero-order valence-corrected chi connectivity index (χ0v) is 13.3. The second-order valence-corrected chi connectivity index (χ2v) is 6.59. The summed E-state index contributed by atoms with van der Waals surface area (Å²) >= 11 is 1.73. The van der Waals surface area contributed by atoms with Crippen LogP contribution in [0.25, 0.3) is 10.8 Å². The highest BCUT2D eigenvalue weighted by molar-refractivity contribution is 7.13. The fourth-order valence-electron chi connectivity index (χ4n) is 3.14. The van der Waals surface area contributed by atoms with E-state index in [0.29, 0.717) is 0 Å². The van der Waals surface area contributed by atoms with Gasteiger partial charge >= 0.3 is 0 Å². The molecule has 2 heterocycles. The summed E-state index contributed by atoms with van der Waals surface area (Å²) in [5.41, 5.74) is 1.43. The Balaban J connectivity index is 1.46. The molecule has 1 saturated heterocycles. The van der Waals surface area contributed by atoms with Gasteiger partial charge in [0, 0.05) is 44.3 Å². The predicted octanol–water partition coefficient (Wildman–Crippen LogP) is 3.62. The third-order valence-electron chi connectivity index (χ3n) is 4.34. The maximum absolute atomic E-state index is 4.42. The summed E-state index contributed by atoms with van der Waals surface area (Å²) in [6.07, 6.45) is 1.89. The molecule has 4 heteroatoms. The molecule has 112 valence electrons. The Hall–Kier alpha value is -1.91. The monoisotopic (exact) mass is 309 g/mol. The van der Waals surface area contributed by atoms with E-state index in [4.69, 9.17) is 0 Å². The van der Waals surface area contributed by atoms with Gasteiger partial charge in [-0.3, -0.25) is 4.90 Å². The zero-order chi connectivity index (χ0) is 14.8. The van der Waals surface area contributed by atoms with Gasteiger partial charge in [0.25, 0.3) is 0 Å². The molecule has 1 aliphatic rings. The quantitative estimate of drug-likeness (QED) is 0.736. The van der Waals surface area contributed by atoms with Gasteiger partial charge in [-0.2, -0.15) is 0 Å². The molecular weight excluding hydrogens is 290 g/mol. The number of anilines is 1. The van der Waals surface area contributed by atoms with E-state index in [1.165, 1.54) is 16.3 Å². The number of benzene rings is 2. The molecule has 0 bridgehead atoms. The second-order valence-electron chi connectivity index (χ2n) is 5.72. The van der Waals surface area contributed by atoms with Crippen LogP contribution in [0.3, 0.4) is 0 Å². The largest absolute Gasteiger partial charge is 0.346 e. The Bertz CT molecular complexity index is 741. The first-order valence-corrected chi connectivity index (χ1v) is 8.61. The molecule has 1 aliphatic heterocycles. The van der Waals surface area contributed by atoms with E-state index in [1.54, 1.807) is 11.3 Å². The van der Waals surface area contributed by atoms with Crippen LogP contribution >= 0.6 is 11.3 Å². The summed E-state index contributed by atoms with van der Waals surface area (Å²) < 4.78 is 0. The van der Waals surface area contributed by atoms with Crippen LogP contribution in [0.5, 0.6) is 0 Å². The van der Waals surface area contributed by atoms with Crippen molar-refractivity contribution in [3.63, 3.8) is 0 Å². The van der Waals surface area contributed by atoms with Gasteiger partial charge in [0.15, 0.2) is 5.13 Å². The third kappa shape index (κ3) is 2.72. The van der Waals surface area contributed by atoms with Crippen LogP contribution in [-0.4, -0.2) is 36.1 Å². The minimum Gasteiger partial charge on any atom is -0.346 e. The lowest BCUT2D eigenvalue weighted by Crippen LogP contribution is -2.45. The Morgan fingerprint density at radius 3 is 2.59 bits per heavy atom. The highest BCUT2D eigenvalue weighted by Crippen LogP contribution is 2.22. The van der Waals surface area contributed by atoms with E-state index in [0.717, 1.165) is 37.9 Å². The minimum absolute atomic E-state index is 1.03. The van der Waals surface area contributed by atoms with Crippen LogP contribution in [0.15, 0.2) is 54.0 Å². The summed E-state index contributed by atoms with van der Waals surface area (Å²) in [6, 6.07) is 15.3. The van der Waals surface area contributed by atoms with E-state index >= 15 is 0 Å². The molecule has 0 unspecified atom stereocenters. The standard InChI is InChI=1S/C18H19N3S/c1-2-7-17-15(4-1)5-3-6-16(17)14-20-9-11-21(12-10-20)18-19-8-13-22-18/h1-8,13H,9-12,14H2. The molecule has 0 spiro atoms. The first-order chi connectivity index (χ1) is 10.9. The molecule has 0 atom stereocenters. The lowest BCUT2D eigenvalue weighted by atomic mass is 10.0. The number of hydrogen-bond acceptors (Lipinski definition) is 4. The van der Waals surface area contributed by atoms with Crippen molar-refractivity contribution in [3.05, 3.63) is 59.6 Å². The molecule has 0 saturated carbocycles. The Kier molecular flexibility index (Phi) is 3.79. The summed E-state index contributed by atoms with van der Waals surface area (Å²) in [5.74, 6) is 0. The molecule has 1 aromatic heterocycles. The molecule has 0 aliphatic carbocycles. The zero-order valence-electron chi connectivity index (χ0n) is 12.5. The van der Waals surface area contributed by atoms with Crippen molar-refractivity contribution in [3.8, 4) is 0 Å². The van der Waals surface area contributed by atoms with Crippen molar-refractivity contribution >= 4 is 27.2 Å². The third-order valence-corrected chi connectivity index (χ3v) is 5.17. The van der Waals surface area contributed by atoms with Crippen molar-refractivity contribution in [1.82, 2.24) is 9.88 Å². The molecule has 4 rings (SSSR count). The van der Waals surface area contributed by atoms with E-state index in [1.807, 2.05) is 6.20 Å². The molecule has 0 amide bonds. The number of thiazole rings is 1. The van der Waals surface area contributed by atoms with Crippen LogP contribution in [0.1, 0.15) is 5.56 Å². The maximum Gasteiger partial charge on any atom is 0.185 e. The van der Waals surface area contributed by atoms with Crippen LogP contribution in [-0.2, 0) is 6.54 Å². The fourth-order valence-corrected chi connectivity index (χ4v) is 3.84. The van der Waals surface area contributed by atoms with Crippen molar-refractivity contribution in [2.75, 3.05) is 31.1 Å². The van der Waals surface area contributed by atoms with Gasteiger partial charge in [0.05, 0.1) is 0 Å². The number of nitrogens with zero attached hydrogens (tertiary/aromatic N) is 3. The van der Waals surface area contributed by atoms with Crippen LogP contribution in [0.2, 0.25) is 0 Å². The van der Waals surface area contributed by atoms with Crippen LogP contribution in [0.4, 0.5) is 5.13 Å². The Morgan fingerprint density at radius 1 is 0.955 bits per heavy atom. The maximum atomic E-state index is 4.42. The Morgan fingerprint density at radius 2 is 1.77 bits per heavy atom. The van der Waals surface area contributed by atoms with E-state index < -0.39 is 0 Å². The van der Waals surface area contributed by atoms with E-state index in [-0.39, 0.29) is 0 Å². The first kappa shape index (κ1) is 13.7. The lowest BCUT2D eigenvalue weighted by Gasteiger charge is -2.34. The van der Waals surface area contributed by atoms with Gasteiger partial charge in [-0.05, 0) is 16.3 Å². The van der Waals surface area contributed by atoms with Crippen molar-refractivity contribution in [2.24, 2.45) is 0 Å². The van der Waals surface area contributed by atoms with Gasteiger partial charge in [0.1, 0.15) is 0 Å². The summed E-state index contributed by atoms with van der Waals surface area (Å²) in [4.78, 5) is 9.36. The summed E-state index contributed by atoms with van der Waals surface area (Å²) in [6.45, 7) is 5.37. The molecule has 3 nitrogen and oxygen atoms in total. The molecule has 3 aromatic rings. The SMILES string of the molecule is c1ccc2c(CN3CCN(c4nccs4)CC3)cccc2c1. The number of piperazine rings is 1. The highest BCUT2D eigenvalue weighted by Gasteiger charge is 2.19. The molecule has 1 fully saturated rings. The lowest BCUT2D eigenvalue weighted by molar-refractivity contribution is 0.250. The second kappa shape index (κ2) is 6.07. The summed E-state index contributed by atoms with van der Waals surface area (Å²) in [5, 5.41) is 5.93. The summed E-state index contributed by atoms with van der Waals surface area (Å²) in [7, 11) is 0. The highest BCUT2D eigenvalue weighted by atomic mass is 32.1. The predicted molar refractivity (Wildman–Crippen MR) is 93.6 cm³/mol. The normalized spacial score (nSPS) is 16.3. The van der Waals surface area contributed by atoms with Crippen molar-refractivity contribution in [1.29, 1.82) is 0 Å². The minimum atomic E-state index is 1.03. The van der Waals surface area contributed by atoms with Gasteiger partial charge in [0.2, 0.25) is 0 Å². The van der Waals surface area contributed by atoms with Gasteiger partial charge < -0.3 is 4.90 Å². The molecular formula is C18H19N3S. The Labute approximate surface area is 134 Å². The number of hydrogen-bond donors (Lipinski definition) is 0. The van der Waals surface area contributed by atoms with Gasteiger partial charge in [-0.25, -0.2) is 4.98 Å². The van der Waals surface area contributed by atoms with Gasteiger partial charge in [-0.15, -0.1) is 11.3 Å². The average molecular weight is 309 g/mol. The van der Waals surface area contributed by atoms with Crippen LogP contribution < -0.4 is 4.90 Å². The van der Waals surface area contributed by atoms with E-state index in [9.17, 15) is 0 Å². The smallest absolute Gasteiger partial charge is 0.185 e. The van der Waals surface area contributed by atoms with Crippen molar-refractivity contribution < 1.29 is 0 Å². The van der Waals surface area contributed by atoms with Gasteiger partial charge in [-0.1, -0.05) is 42.5 Å². The molecule has 2 aromatic carbocycles. The van der Waals surface area contributed by atoms with Crippen molar-refractivity contribution in [2.45, 2.75) is 6.54 Å². The molecule has 0 radical (unpaired) electrons. The number of aromatic nitrogens is 1. The molecule has 22 heavy (non-hydrogen) atoms. The average Bonchev–Trinajstić information content (AvgIpc) is 3.10. The first-order valence-electron chi connectivity index (χ1n) is 7.73. The number of fused-ring (bicyclic) bond motifs is 1. The topological polar surface area (TPSA) is 19.4 Å². The molecule has 0 N–H and O–H groups in total. The van der Waals surface area contributed by atoms with E-state index in [2.05, 4.69) is 62.6 Å². The number of rotatable bonds is 3. The fraction of sp³-hybridized carbons (Fsp3) is 0.278. The van der Waals surface area contributed by atoms with Crippen LogP contribution in [0, 0.1) is 0 Å².